The Kier molecular flexibility index (Phi) is 5.23. The number of sulfonamides is 1. The highest BCUT2D eigenvalue weighted by Gasteiger charge is 2.17. The molecule has 0 atom stereocenters. The third-order valence-electron chi connectivity index (χ3n) is 3.05. The van der Waals surface area contributed by atoms with Crippen molar-refractivity contribution < 1.29 is 23.1 Å². The van der Waals surface area contributed by atoms with E-state index >= 15 is 0 Å². The molecule has 2 aromatic carbocycles. The average Bonchev–Trinajstić information content (AvgIpc) is 2.51. The van der Waals surface area contributed by atoms with E-state index < -0.39 is 22.5 Å². The third kappa shape index (κ3) is 5.00. The Labute approximate surface area is 135 Å². The number of carbonyl (C=O) groups is 1. The van der Waals surface area contributed by atoms with Crippen molar-refractivity contribution in [2.24, 2.45) is 0 Å². The van der Waals surface area contributed by atoms with E-state index in [0.717, 1.165) is 16.1 Å². The molecular weight excluding hydrogens is 318 g/mol. The first-order valence-corrected chi connectivity index (χ1v) is 8.65. The Balaban J connectivity index is 2.09. The fourth-order valence-electron chi connectivity index (χ4n) is 1.97. The molecule has 0 aliphatic carbocycles. The largest absolute Gasteiger partial charge is 0.548 e. The molecule has 0 spiro atoms. The fourth-order valence-corrected chi connectivity index (χ4v) is 2.81. The van der Waals surface area contributed by atoms with E-state index in [-0.39, 0.29) is 5.69 Å². The van der Waals surface area contributed by atoms with Gasteiger partial charge in [0.05, 0.1) is 24.5 Å². The first kappa shape index (κ1) is 16.8. The standard InChI is InChI=1S/C16H17NO5S/c1-23(20,21)17(11-16(18)19)14-7-9-15(10-8-14)22-12-13-5-3-2-4-6-13/h2-10H,11-12H2,1H3,(H,18,19)/p-1. The lowest BCUT2D eigenvalue weighted by molar-refractivity contribution is -0.303. The van der Waals surface area contributed by atoms with E-state index in [1.54, 1.807) is 12.1 Å². The Hall–Kier alpha value is -2.54. The van der Waals surface area contributed by atoms with Gasteiger partial charge in [0.1, 0.15) is 12.4 Å². The molecule has 0 amide bonds. The van der Waals surface area contributed by atoms with Gasteiger partial charge in [-0.25, -0.2) is 8.42 Å². The molecule has 7 heteroatoms. The average molecular weight is 334 g/mol. The number of ether oxygens (including phenoxy) is 1. The molecule has 122 valence electrons. The van der Waals surface area contributed by atoms with Gasteiger partial charge in [-0.15, -0.1) is 0 Å². The molecule has 0 fully saturated rings. The summed E-state index contributed by atoms with van der Waals surface area (Å²) in [7, 11) is -3.71. The highest BCUT2D eigenvalue weighted by molar-refractivity contribution is 7.92. The molecule has 0 heterocycles. The summed E-state index contributed by atoms with van der Waals surface area (Å²) in [6.45, 7) is -0.349. The van der Waals surface area contributed by atoms with Crippen LogP contribution in [0.2, 0.25) is 0 Å². The molecule has 23 heavy (non-hydrogen) atoms. The van der Waals surface area contributed by atoms with Gasteiger partial charge in [-0.1, -0.05) is 30.3 Å². The number of hydrogen-bond acceptors (Lipinski definition) is 5. The number of carboxylic acids is 1. The van der Waals surface area contributed by atoms with Gasteiger partial charge in [0.15, 0.2) is 0 Å². The number of carboxylic acid groups (broad SMARTS) is 1. The first-order chi connectivity index (χ1) is 10.9. The second-order valence-electron chi connectivity index (χ2n) is 4.91. The predicted octanol–water partition coefficient (Wildman–Crippen LogP) is 0.781. The normalized spacial score (nSPS) is 11.0. The van der Waals surface area contributed by atoms with Crippen molar-refractivity contribution in [3.05, 3.63) is 60.2 Å². The van der Waals surface area contributed by atoms with E-state index in [1.165, 1.54) is 12.1 Å². The molecular formula is C16H16NO5S-. The predicted molar refractivity (Wildman–Crippen MR) is 84.4 cm³/mol. The van der Waals surface area contributed by atoms with Gasteiger partial charge >= 0.3 is 0 Å². The van der Waals surface area contributed by atoms with E-state index in [1.807, 2.05) is 30.3 Å². The highest BCUT2D eigenvalue weighted by atomic mass is 32.2. The molecule has 0 aliphatic heterocycles. The minimum Gasteiger partial charge on any atom is -0.548 e. The van der Waals surface area contributed by atoms with Crippen molar-refractivity contribution in [1.82, 2.24) is 0 Å². The lowest BCUT2D eigenvalue weighted by atomic mass is 10.2. The Morgan fingerprint density at radius 2 is 1.70 bits per heavy atom. The first-order valence-electron chi connectivity index (χ1n) is 6.80. The second-order valence-corrected chi connectivity index (χ2v) is 6.82. The number of carbonyl (C=O) groups excluding carboxylic acids is 1. The van der Waals surface area contributed by atoms with Gasteiger partial charge in [0.2, 0.25) is 10.0 Å². The summed E-state index contributed by atoms with van der Waals surface area (Å²) in [4.78, 5) is 10.7. The molecule has 0 unspecified atom stereocenters. The maximum absolute atomic E-state index is 11.7. The van der Waals surface area contributed by atoms with Crippen molar-refractivity contribution in [1.29, 1.82) is 0 Å². The van der Waals surface area contributed by atoms with Gasteiger partial charge in [-0.3, -0.25) is 4.31 Å². The van der Waals surface area contributed by atoms with Crippen LogP contribution in [0.5, 0.6) is 5.75 Å². The SMILES string of the molecule is CS(=O)(=O)N(CC(=O)[O-])c1ccc(OCc2ccccc2)cc1. The molecule has 0 saturated carbocycles. The lowest BCUT2D eigenvalue weighted by Gasteiger charge is -2.22. The summed E-state index contributed by atoms with van der Waals surface area (Å²) in [5, 5.41) is 10.7. The molecule has 0 saturated heterocycles. The summed E-state index contributed by atoms with van der Waals surface area (Å²) < 4.78 is 29.7. The van der Waals surface area contributed by atoms with Gasteiger partial charge in [0, 0.05) is 0 Å². The summed E-state index contributed by atoms with van der Waals surface area (Å²) in [6.07, 6.45) is 0.940. The molecule has 0 N–H and O–H groups in total. The van der Waals surface area contributed by atoms with E-state index in [2.05, 4.69) is 0 Å². The number of nitrogens with zero attached hydrogens (tertiary/aromatic N) is 1. The summed E-state index contributed by atoms with van der Waals surface area (Å²) in [5.74, 6) is -0.917. The zero-order valence-corrected chi connectivity index (χ0v) is 13.3. The molecule has 0 bridgehead atoms. The van der Waals surface area contributed by atoms with Crippen LogP contribution in [0.3, 0.4) is 0 Å². The van der Waals surface area contributed by atoms with Crippen molar-refractivity contribution in [2.75, 3.05) is 17.1 Å². The topological polar surface area (TPSA) is 86.7 Å². The van der Waals surface area contributed by atoms with Crippen LogP contribution < -0.4 is 14.1 Å². The van der Waals surface area contributed by atoms with Gasteiger partial charge in [0.25, 0.3) is 0 Å². The molecule has 0 radical (unpaired) electrons. The number of rotatable bonds is 7. The zero-order chi connectivity index (χ0) is 16.9. The number of aliphatic carboxylic acids is 1. The minimum atomic E-state index is -3.71. The number of benzene rings is 2. The highest BCUT2D eigenvalue weighted by Crippen LogP contribution is 2.22. The molecule has 0 aromatic heterocycles. The smallest absolute Gasteiger partial charge is 0.232 e. The number of anilines is 1. The van der Waals surface area contributed by atoms with Crippen LogP contribution in [0.25, 0.3) is 0 Å². The van der Waals surface area contributed by atoms with Crippen LogP contribution in [0.15, 0.2) is 54.6 Å². The van der Waals surface area contributed by atoms with Crippen molar-refractivity contribution in [2.45, 2.75) is 6.61 Å². The van der Waals surface area contributed by atoms with Crippen LogP contribution in [0.1, 0.15) is 5.56 Å². The Bertz CT molecular complexity index is 757. The van der Waals surface area contributed by atoms with Gasteiger partial charge in [-0.2, -0.15) is 0 Å². The lowest BCUT2D eigenvalue weighted by Crippen LogP contribution is -2.41. The van der Waals surface area contributed by atoms with E-state index in [4.69, 9.17) is 4.74 Å². The Morgan fingerprint density at radius 1 is 1.09 bits per heavy atom. The fraction of sp³-hybridized carbons (Fsp3) is 0.188. The molecule has 2 rings (SSSR count). The zero-order valence-electron chi connectivity index (χ0n) is 12.5. The summed E-state index contributed by atoms with van der Waals surface area (Å²) in [6, 6.07) is 15.7. The van der Waals surface area contributed by atoms with Crippen molar-refractivity contribution in [3.63, 3.8) is 0 Å². The number of hydrogen-bond donors (Lipinski definition) is 0. The summed E-state index contributed by atoms with van der Waals surface area (Å²) >= 11 is 0. The quantitative estimate of drug-likeness (QED) is 0.747. The van der Waals surface area contributed by atoms with Crippen LogP contribution in [0, 0.1) is 0 Å². The van der Waals surface area contributed by atoms with Crippen LogP contribution in [-0.4, -0.2) is 27.2 Å². The van der Waals surface area contributed by atoms with Crippen molar-refractivity contribution in [3.8, 4) is 5.75 Å². The molecule has 2 aromatic rings. The van der Waals surface area contributed by atoms with Crippen LogP contribution in [0.4, 0.5) is 5.69 Å². The monoisotopic (exact) mass is 334 g/mol. The van der Waals surface area contributed by atoms with Gasteiger partial charge in [-0.05, 0) is 29.8 Å². The van der Waals surface area contributed by atoms with E-state index in [0.29, 0.717) is 12.4 Å². The van der Waals surface area contributed by atoms with Crippen LogP contribution >= 0.6 is 0 Å². The second kappa shape index (κ2) is 7.15. The van der Waals surface area contributed by atoms with Gasteiger partial charge < -0.3 is 14.6 Å². The minimum absolute atomic E-state index is 0.240. The molecule has 0 aliphatic rings. The summed E-state index contributed by atoms with van der Waals surface area (Å²) in [5.41, 5.74) is 1.25. The van der Waals surface area contributed by atoms with Crippen LogP contribution in [-0.2, 0) is 21.4 Å². The molecule has 6 nitrogen and oxygen atoms in total. The Morgan fingerprint density at radius 3 is 2.22 bits per heavy atom. The maximum atomic E-state index is 11.7. The maximum Gasteiger partial charge on any atom is 0.232 e. The van der Waals surface area contributed by atoms with Crippen molar-refractivity contribution >= 4 is 21.7 Å². The van der Waals surface area contributed by atoms with E-state index in [9.17, 15) is 18.3 Å². The third-order valence-corrected chi connectivity index (χ3v) is 4.19.